The van der Waals surface area contributed by atoms with Gasteiger partial charge in [-0.2, -0.15) is 29.8 Å². The molecule has 0 spiro atoms. The number of amides is 1. The van der Waals surface area contributed by atoms with Crippen molar-refractivity contribution in [2.45, 2.75) is 50.9 Å². The fraction of sp³-hybridized carbons (Fsp3) is 0.409. The minimum Gasteiger partial charge on any atom is -0.475 e. The van der Waals surface area contributed by atoms with E-state index < -0.39 is 18.2 Å². The van der Waals surface area contributed by atoms with E-state index in [9.17, 15) is 23.2 Å². The number of alkyl halides is 3. The number of carboxylic acids is 1. The molecule has 32 heavy (non-hydrogen) atoms. The third kappa shape index (κ3) is 7.66. The molecule has 1 aromatic carbocycles. The summed E-state index contributed by atoms with van der Waals surface area (Å²) in [5, 5.41) is 26.9. The van der Waals surface area contributed by atoms with Crippen LogP contribution in [-0.2, 0) is 16.0 Å². The van der Waals surface area contributed by atoms with Crippen molar-refractivity contribution in [2.24, 2.45) is 0 Å². The Labute approximate surface area is 188 Å². The molecule has 1 aromatic heterocycles. The number of aryl methyl sites for hydroxylation is 1. The van der Waals surface area contributed by atoms with E-state index in [4.69, 9.17) is 9.90 Å². The number of carboxylic acid groups (broad SMARTS) is 1. The van der Waals surface area contributed by atoms with Gasteiger partial charge in [0.1, 0.15) is 6.04 Å². The second-order valence-corrected chi connectivity index (χ2v) is 8.11. The molecule has 10 heteroatoms. The molecule has 2 heterocycles. The van der Waals surface area contributed by atoms with Gasteiger partial charge in [0.15, 0.2) is 0 Å². The Morgan fingerprint density at radius 2 is 1.94 bits per heavy atom. The highest BCUT2D eigenvalue weighted by atomic mass is 32.1. The van der Waals surface area contributed by atoms with Crippen LogP contribution in [0.4, 0.5) is 13.2 Å². The molecule has 0 saturated carbocycles. The number of nitrogens with zero attached hydrogens (tertiary/aromatic N) is 1. The summed E-state index contributed by atoms with van der Waals surface area (Å²) in [5.41, 5.74) is 4.77. The highest BCUT2D eigenvalue weighted by Crippen LogP contribution is 2.27. The second kappa shape index (κ2) is 11.6. The molecular weight excluding hydrogens is 443 g/mol. The maximum atomic E-state index is 12.3. The number of carbonyl (C=O) groups is 2. The lowest BCUT2D eigenvalue weighted by molar-refractivity contribution is -0.192. The number of hydrogen-bond acceptors (Lipinski definition) is 5. The van der Waals surface area contributed by atoms with E-state index in [2.05, 4.69) is 46.5 Å². The zero-order valence-electron chi connectivity index (χ0n) is 17.4. The normalized spacial score (nSPS) is 16.8. The fourth-order valence-corrected chi connectivity index (χ4v) is 4.05. The Hall–Kier alpha value is -2.90. The van der Waals surface area contributed by atoms with Crippen molar-refractivity contribution in [3.8, 4) is 17.2 Å². The van der Waals surface area contributed by atoms with Crippen molar-refractivity contribution in [1.29, 1.82) is 5.26 Å². The van der Waals surface area contributed by atoms with E-state index in [0.717, 1.165) is 31.4 Å². The number of nitriles is 1. The SMILES string of the molecule is Cc1cscc1-c1ccc(C[C@@H](C#N)NC(=O)[C@@H]2CCCCN2)cc1.O=C(O)C(F)(F)F. The molecule has 1 amide bonds. The van der Waals surface area contributed by atoms with Gasteiger partial charge in [-0.05, 0) is 59.3 Å². The maximum absolute atomic E-state index is 12.3. The minimum absolute atomic E-state index is 0.0585. The molecule has 2 aromatic rings. The highest BCUT2D eigenvalue weighted by molar-refractivity contribution is 7.08. The van der Waals surface area contributed by atoms with Crippen molar-refractivity contribution >= 4 is 23.2 Å². The maximum Gasteiger partial charge on any atom is 0.490 e. The van der Waals surface area contributed by atoms with Crippen LogP contribution in [0.2, 0.25) is 0 Å². The quantitative estimate of drug-likeness (QED) is 0.616. The van der Waals surface area contributed by atoms with Crippen LogP contribution in [0.1, 0.15) is 30.4 Å². The molecule has 172 valence electrons. The van der Waals surface area contributed by atoms with Crippen molar-refractivity contribution in [3.05, 3.63) is 46.2 Å². The summed E-state index contributed by atoms with van der Waals surface area (Å²) in [7, 11) is 0. The van der Waals surface area contributed by atoms with Crippen LogP contribution in [0.5, 0.6) is 0 Å². The number of benzene rings is 1. The smallest absolute Gasteiger partial charge is 0.475 e. The molecule has 0 radical (unpaired) electrons. The van der Waals surface area contributed by atoms with Crippen LogP contribution < -0.4 is 10.6 Å². The highest BCUT2D eigenvalue weighted by Gasteiger charge is 2.38. The van der Waals surface area contributed by atoms with E-state index >= 15 is 0 Å². The Morgan fingerprint density at radius 1 is 1.28 bits per heavy atom. The number of halogens is 3. The number of thiophene rings is 1. The molecular formula is C22H24F3N3O3S. The Morgan fingerprint density at radius 3 is 2.41 bits per heavy atom. The van der Waals surface area contributed by atoms with Gasteiger partial charge >= 0.3 is 12.1 Å². The van der Waals surface area contributed by atoms with Gasteiger partial charge in [0, 0.05) is 6.42 Å². The third-order valence-electron chi connectivity index (χ3n) is 4.90. The monoisotopic (exact) mass is 467 g/mol. The summed E-state index contributed by atoms with van der Waals surface area (Å²) in [5.74, 6) is -2.82. The van der Waals surface area contributed by atoms with Crippen LogP contribution >= 0.6 is 11.3 Å². The Bertz CT molecular complexity index is 946. The van der Waals surface area contributed by atoms with Crippen molar-refractivity contribution in [1.82, 2.24) is 10.6 Å². The van der Waals surface area contributed by atoms with Crippen LogP contribution in [0, 0.1) is 18.3 Å². The number of aliphatic carboxylic acids is 1. The summed E-state index contributed by atoms with van der Waals surface area (Å²) in [6.07, 6.45) is -1.54. The molecule has 2 atom stereocenters. The first kappa shape index (κ1) is 25.4. The van der Waals surface area contributed by atoms with E-state index in [1.165, 1.54) is 16.7 Å². The van der Waals surface area contributed by atoms with Crippen LogP contribution in [0.15, 0.2) is 35.0 Å². The van der Waals surface area contributed by atoms with E-state index in [1.807, 2.05) is 12.1 Å². The summed E-state index contributed by atoms with van der Waals surface area (Å²) >= 11 is 1.70. The van der Waals surface area contributed by atoms with Gasteiger partial charge in [-0.25, -0.2) is 4.79 Å². The molecule has 0 unspecified atom stereocenters. The number of rotatable bonds is 5. The lowest BCUT2D eigenvalue weighted by Crippen LogP contribution is -2.49. The first-order valence-corrected chi connectivity index (χ1v) is 10.9. The molecule has 3 rings (SSSR count). The summed E-state index contributed by atoms with van der Waals surface area (Å²) in [6.45, 7) is 2.99. The first-order valence-electron chi connectivity index (χ1n) is 9.97. The van der Waals surface area contributed by atoms with Crippen LogP contribution in [0.25, 0.3) is 11.1 Å². The predicted octanol–water partition coefficient (Wildman–Crippen LogP) is 4.05. The number of nitrogens with one attached hydrogen (secondary N) is 2. The summed E-state index contributed by atoms with van der Waals surface area (Å²) < 4.78 is 31.7. The third-order valence-corrected chi connectivity index (χ3v) is 5.76. The molecule has 3 N–H and O–H groups in total. The molecule has 6 nitrogen and oxygen atoms in total. The van der Waals surface area contributed by atoms with Crippen molar-refractivity contribution in [3.63, 3.8) is 0 Å². The number of carbonyl (C=O) groups excluding carboxylic acids is 1. The van der Waals surface area contributed by atoms with E-state index in [1.54, 1.807) is 11.3 Å². The minimum atomic E-state index is -5.08. The Kier molecular flexibility index (Phi) is 9.23. The first-order chi connectivity index (χ1) is 15.1. The molecule has 1 aliphatic heterocycles. The van der Waals surface area contributed by atoms with Crippen molar-refractivity contribution in [2.75, 3.05) is 6.54 Å². The van der Waals surface area contributed by atoms with Gasteiger partial charge in [-0.15, -0.1) is 0 Å². The lowest BCUT2D eigenvalue weighted by atomic mass is 10.00. The second-order valence-electron chi connectivity index (χ2n) is 7.37. The van der Waals surface area contributed by atoms with Gasteiger partial charge in [-0.3, -0.25) is 4.79 Å². The van der Waals surface area contributed by atoms with Crippen molar-refractivity contribution < 1.29 is 27.9 Å². The van der Waals surface area contributed by atoms with Crippen LogP contribution in [-0.4, -0.2) is 41.8 Å². The summed E-state index contributed by atoms with van der Waals surface area (Å²) in [6, 6.07) is 9.82. The van der Waals surface area contributed by atoms with Crippen LogP contribution in [0.3, 0.4) is 0 Å². The molecule has 1 aliphatic rings. The summed E-state index contributed by atoms with van der Waals surface area (Å²) in [4.78, 5) is 21.2. The number of piperidine rings is 1. The van der Waals surface area contributed by atoms with Gasteiger partial charge < -0.3 is 15.7 Å². The number of hydrogen-bond donors (Lipinski definition) is 3. The van der Waals surface area contributed by atoms with E-state index in [-0.39, 0.29) is 11.9 Å². The molecule has 0 bridgehead atoms. The van der Waals surface area contributed by atoms with E-state index in [0.29, 0.717) is 6.42 Å². The average Bonchev–Trinajstić information content (AvgIpc) is 3.20. The molecule has 1 fully saturated rings. The topological polar surface area (TPSA) is 102 Å². The zero-order valence-corrected chi connectivity index (χ0v) is 18.2. The zero-order chi connectivity index (χ0) is 23.7. The average molecular weight is 468 g/mol. The van der Waals surface area contributed by atoms with Gasteiger partial charge in [0.05, 0.1) is 12.1 Å². The standard InChI is InChI=1S/C20H23N3OS.C2HF3O2/c1-14-12-25-13-18(14)16-7-5-15(6-8-16)10-17(11-21)23-20(24)19-4-2-3-9-22-19;3-2(4,5)1(6)7/h5-8,12-13,17,19,22H,2-4,9-10H2,1H3,(H,23,24);(H,6,7)/t17-,19-;/m0./s1. The fourth-order valence-electron chi connectivity index (χ4n) is 3.19. The molecule has 1 saturated heterocycles. The lowest BCUT2D eigenvalue weighted by Gasteiger charge is -2.23. The predicted molar refractivity (Wildman–Crippen MR) is 115 cm³/mol. The Balaban J connectivity index is 0.000000451. The van der Waals surface area contributed by atoms with Gasteiger partial charge in [-0.1, -0.05) is 30.7 Å². The van der Waals surface area contributed by atoms with Gasteiger partial charge in [0.2, 0.25) is 5.91 Å². The van der Waals surface area contributed by atoms with Gasteiger partial charge in [0.25, 0.3) is 0 Å². The largest absolute Gasteiger partial charge is 0.490 e. The molecule has 0 aliphatic carbocycles.